The van der Waals surface area contributed by atoms with Gasteiger partial charge >= 0.3 is 0 Å². The Morgan fingerprint density at radius 1 is 1.03 bits per heavy atom. The molecule has 0 amide bonds. The van der Waals surface area contributed by atoms with Crippen molar-refractivity contribution in [1.82, 2.24) is 14.8 Å². The van der Waals surface area contributed by atoms with Crippen LogP contribution in [0.25, 0.3) is 11.4 Å². The molecular weight excluding hydrogens is 468 g/mol. The molecule has 1 aromatic heterocycles. The second-order valence-electron chi connectivity index (χ2n) is 9.53. The predicted molar refractivity (Wildman–Crippen MR) is 133 cm³/mol. The van der Waals surface area contributed by atoms with Gasteiger partial charge in [-0.2, -0.15) is 4.98 Å². The largest absolute Gasteiger partial charge is 0.493 e. The lowest BCUT2D eigenvalue weighted by Gasteiger charge is -2.38. The first-order chi connectivity index (χ1) is 16.7. The summed E-state index contributed by atoms with van der Waals surface area (Å²) >= 11 is 6.16. The number of benzene rings is 2. The van der Waals surface area contributed by atoms with E-state index in [1.54, 1.807) is 26.0 Å². The van der Waals surface area contributed by atoms with E-state index in [1.807, 2.05) is 36.4 Å². The first kappa shape index (κ1) is 23.2. The fourth-order valence-electron chi connectivity index (χ4n) is 4.89. The molecule has 1 unspecified atom stereocenters. The normalized spacial score (nSPS) is 18.5. The summed E-state index contributed by atoms with van der Waals surface area (Å²) in [6, 6.07) is 10.7. The van der Waals surface area contributed by atoms with Crippen LogP contribution in [-0.4, -0.2) is 41.9 Å². The number of allylic oxidation sites excluding steroid dienone is 2. The molecule has 0 saturated carbocycles. The predicted octanol–water partition coefficient (Wildman–Crippen LogP) is 5.28. The maximum absolute atomic E-state index is 13.4. The Morgan fingerprint density at radius 2 is 1.69 bits per heavy atom. The van der Waals surface area contributed by atoms with Crippen molar-refractivity contribution in [3.63, 3.8) is 0 Å². The van der Waals surface area contributed by atoms with E-state index in [0.29, 0.717) is 46.0 Å². The topological polar surface area (TPSA) is 87.5 Å². The first-order valence-electron chi connectivity index (χ1n) is 11.3. The third-order valence-electron chi connectivity index (χ3n) is 6.44. The van der Waals surface area contributed by atoms with Gasteiger partial charge in [0.1, 0.15) is 6.04 Å². The number of hydrogen-bond acceptors (Lipinski definition) is 7. The number of fused-ring (bicyclic) bond motifs is 1. The van der Waals surface area contributed by atoms with Crippen LogP contribution < -0.4 is 19.5 Å². The molecule has 3 aromatic rings. The van der Waals surface area contributed by atoms with Crippen molar-refractivity contribution in [1.29, 1.82) is 0 Å². The molecule has 2 aliphatic rings. The van der Waals surface area contributed by atoms with E-state index >= 15 is 0 Å². The van der Waals surface area contributed by atoms with Crippen molar-refractivity contribution in [3.8, 4) is 28.6 Å². The zero-order valence-corrected chi connectivity index (χ0v) is 21.1. The fraction of sp³-hybridized carbons (Fsp3) is 0.346. The van der Waals surface area contributed by atoms with E-state index in [4.69, 9.17) is 35.9 Å². The summed E-state index contributed by atoms with van der Waals surface area (Å²) in [6.07, 6.45) is 1.21. The lowest BCUT2D eigenvalue weighted by molar-refractivity contribution is -0.118. The summed E-state index contributed by atoms with van der Waals surface area (Å²) in [4.78, 5) is 18.2. The van der Waals surface area contributed by atoms with Gasteiger partial charge in [0.05, 0.1) is 21.3 Å². The Balaban J connectivity index is 1.67. The molecule has 0 fully saturated rings. The minimum atomic E-state index is -0.412. The molecule has 1 N–H and O–H groups in total. The molecular formula is C26H27ClN4O4. The zero-order chi connectivity index (χ0) is 24.9. The van der Waals surface area contributed by atoms with Crippen LogP contribution in [0.1, 0.15) is 38.3 Å². The number of methoxy groups -OCH3 is 3. The summed E-state index contributed by atoms with van der Waals surface area (Å²) in [5, 5.41) is 8.87. The van der Waals surface area contributed by atoms with Gasteiger partial charge in [0, 0.05) is 28.3 Å². The maximum Gasteiger partial charge on any atom is 0.226 e. The molecule has 0 radical (unpaired) electrons. The van der Waals surface area contributed by atoms with Crippen molar-refractivity contribution in [2.75, 3.05) is 26.6 Å². The summed E-state index contributed by atoms with van der Waals surface area (Å²) in [5.41, 5.74) is 3.08. The Hall–Kier alpha value is -3.52. The summed E-state index contributed by atoms with van der Waals surface area (Å²) in [6.45, 7) is 4.21. The molecule has 182 valence electrons. The number of rotatable bonds is 5. The molecule has 5 rings (SSSR count). The monoisotopic (exact) mass is 494 g/mol. The summed E-state index contributed by atoms with van der Waals surface area (Å²) in [7, 11) is 4.69. The highest BCUT2D eigenvalue weighted by molar-refractivity contribution is 6.30. The second-order valence-corrected chi connectivity index (χ2v) is 9.97. The zero-order valence-electron chi connectivity index (χ0n) is 20.3. The Morgan fingerprint density at radius 3 is 2.29 bits per heavy atom. The molecule has 9 heteroatoms. The molecule has 2 heterocycles. The lowest BCUT2D eigenvalue weighted by atomic mass is 9.73. The smallest absolute Gasteiger partial charge is 0.226 e. The number of ketones is 1. The summed E-state index contributed by atoms with van der Waals surface area (Å²) < 4.78 is 18.2. The van der Waals surface area contributed by atoms with E-state index in [9.17, 15) is 4.79 Å². The van der Waals surface area contributed by atoms with Crippen LogP contribution in [0.15, 0.2) is 47.7 Å². The van der Waals surface area contributed by atoms with E-state index in [1.165, 1.54) is 0 Å². The average Bonchev–Trinajstić information content (AvgIpc) is 3.25. The van der Waals surface area contributed by atoms with Crippen molar-refractivity contribution in [3.05, 3.63) is 58.3 Å². The van der Waals surface area contributed by atoms with Crippen molar-refractivity contribution >= 4 is 23.3 Å². The number of carbonyl (C=O) groups is 1. The van der Waals surface area contributed by atoms with Gasteiger partial charge in [-0.3, -0.25) is 4.79 Å². The molecule has 1 aliphatic heterocycles. The lowest BCUT2D eigenvalue weighted by Crippen LogP contribution is -2.36. The minimum Gasteiger partial charge on any atom is -0.493 e. The number of halogens is 1. The maximum atomic E-state index is 13.4. The number of carbonyl (C=O) groups excluding carboxylic acids is 1. The van der Waals surface area contributed by atoms with Gasteiger partial charge in [0.2, 0.25) is 11.7 Å². The van der Waals surface area contributed by atoms with E-state index in [0.717, 1.165) is 23.3 Å². The number of nitrogens with one attached hydrogen (secondary N) is 1. The van der Waals surface area contributed by atoms with Crippen LogP contribution in [0.5, 0.6) is 17.2 Å². The Kier molecular flexibility index (Phi) is 5.71. The molecule has 2 aromatic carbocycles. The number of nitrogens with zero attached hydrogens (tertiary/aromatic N) is 3. The number of anilines is 1. The number of Topliss-reactive ketones (excluding diaryl/α,β-unsaturated/α-hetero) is 1. The van der Waals surface area contributed by atoms with Crippen molar-refractivity contribution < 1.29 is 19.0 Å². The third-order valence-corrected chi connectivity index (χ3v) is 6.69. The minimum absolute atomic E-state index is 0.110. The molecule has 35 heavy (non-hydrogen) atoms. The molecule has 0 spiro atoms. The highest BCUT2D eigenvalue weighted by Crippen LogP contribution is 2.46. The van der Waals surface area contributed by atoms with Crippen molar-refractivity contribution in [2.45, 2.75) is 32.7 Å². The standard InChI is InChI=1S/C26H27ClN4O4/c1-26(2)12-17-21(18(32)13-26)22(14-6-8-16(27)9-7-14)31-25(28-17)29-24(30-31)15-10-19(33-3)23(35-5)20(11-15)34-4/h6-11,22H,12-13H2,1-5H3,(H,28,29,30). The SMILES string of the molecule is COc1cc(-c2nc3n(n2)C(c2ccc(Cl)cc2)C2=C(CC(C)(C)CC2=O)N3)cc(OC)c1OC. The number of hydrogen-bond donors (Lipinski definition) is 1. The van der Waals surface area contributed by atoms with Crippen LogP contribution in [0.2, 0.25) is 5.02 Å². The van der Waals surface area contributed by atoms with Gasteiger partial charge in [0.15, 0.2) is 23.1 Å². The average molecular weight is 495 g/mol. The fourth-order valence-corrected chi connectivity index (χ4v) is 5.02. The van der Waals surface area contributed by atoms with Crippen LogP contribution in [0, 0.1) is 5.41 Å². The molecule has 0 saturated heterocycles. The highest BCUT2D eigenvalue weighted by atomic mass is 35.5. The second kappa shape index (κ2) is 8.61. The van der Waals surface area contributed by atoms with Crippen LogP contribution in [0.4, 0.5) is 5.95 Å². The Bertz CT molecular complexity index is 1320. The van der Waals surface area contributed by atoms with Gasteiger partial charge in [-0.05, 0) is 41.7 Å². The quantitative estimate of drug-likeness (QED) is 0.516. The molecule has 8 nitrogen and oxygen atoms in total. The number of aromatic nitrogens is 3. The van der Waals surface area contributed by atoms with Crippen LogP contribution in [0.3, 0.4) is 0 Å². The van der Waals surface area contributed by atoms with Crippen molar-refractivity contribution in [2.24, 2.45) is 5.41 Å². The van der Waals surface area contributed by atoms with E-state index in [-0.39, 0.29) is 11.2 Å². The summed E-state index contributed by atoms with van der Waals surface area (Å²) in [5.74, 6) is 2.65. The number of ether oxygens (including phenoxy) is 3. The molecule has 1 aliphatic carbocycles. The Labute approximate surface area is 208 Å². The van der Waals surface area contributed by atoms with Gasteiger partial charge in [-0.1, -0.05) is 37.6 Å². The molecule has 0 bridgehead atoms. The van der Waals surface area contributed by atoms with Crippen LogP contribution in [-0.2, 0) is 4.79 Å². The van der Waals surface area contributed by atoms with E-state index in [2.05, 4.69) is 19.2 Å². The highest BCUT2D eigenvalue weighted by Gasteiger charge is 2.42. The molecule has 1 atom stereocenters. The van der Waals surface area contributed by atoms with Crippen LogP contribution >= 0.6 is 11.6 Å². The van der Waals surface area contributed by atoms with Gasteiger partial charge in [0.25, 0.3) is 0 Å². The van der Waals surface area contributed by atoms with Gasteiger partial charge in [-0.25, -0.2) is 4.68 Å². The first-order valence-corrected chi connectivity index (χ1v) is 11.7. The third kappa shape index (κ3) is 4.01. The van der Waals surface area contributed by atoms with E-state index < -0.39 is 6.04 Å². The van der Waals surface area contributed by atoms with Gasteiger partial charge < -0.3 is 19.5 Å². The van der Waals surface area contributed by atoms with Gasteiger partial charge in [-0.15, -0.1) is 5.10 Å².